The normalized spacial score (nSPS) is 12.6. The van der Waals surface area contributed by atoms with Gasteiger partial charge in [0.25, 0.3) is 0 Å². The Bertz CT molecular complexity index is 519. The van der Waals surface area contributed by atoms with Crippen LogP contribution >= 0.6 is 11.3 Å². The highest BCUT2D eigenvalue weighted by molar-refractivity contribution is 7.89. The van der Waals surface area contributed by atoms with Crippen molar-refractivity contribution in [3.8, 4) is 0 Å². The summed E-state index contributed by atoms with van der Waals surface area (Å²) in [5, 5.41) is 3.31. The van der Waals surface area contributed by atoms with Crippen molar-refractivity contribution in [1.82, 2.24) is 10.0 Å². The smallest absolute Gasteiger partial charge is 0.241 e. The van der Waals surface area contributed by atoms with E-state index in [2.05, 4.69) is 37.7 Å². The van der Waals surface area contributed by atoms with Crippen molar-refractivity contribution in [2.24, 2.45) is 5.92 Å². The van der Waals surface area contributed by atoms with Crippen molar-refractivity contribution in [1.29, 1.82) is 0 Å². The van der Waals surface area contributed by atoms with Gasteiger partial charge in [-0.2, -0.15) is 0 Å². The average molecular weight is 319 g/mol. The minimum absolute atomic E-state index is 0.390. The second kappa shape index (κ2) is 7.54. The zero-order valence-electron chi connectivity index (χ0n) is 13.0. The van der Waals surface area contributed by atoms with Gasteiger partial charge in [0.05, 0.1) is 4.90 Å². The predicted molar refractivity (Wildman–Crippen MR) is 85.7 cm³/mol. The lowest BCUT2D eigenvalue weighted by molar-refractivity contribution is 0.551. The minimum atomic E-state index is -3.37. The van der Waals surface area contributed by atoms with E-state index in [9.17, 15) is 8.42 Å². The molecule has 1 aromatic rings. The molecule has 4 nitrogen and oxygen atoms in total. The van der Waals surface area contributed by atoms with Crippen molar-refractivity contribution >= 4 is 21.4 Å². The Morgan fingerprint density at radius 3 is 2.45 bits per heavy atom. The fourth-order valence-electron chi connectivity index (χ4n) is 1.74. The molecule has 0 spiro atoms. The van der Waals surface area contributed by atoms with Crippen LogP contribution in [0.2, 0.25) is 0 Å². The molecule has 116 valence electrons. The first-order chi connectivity index (χ1) is 9.22. The Labute approximate surface area is 127 Å². The molecule has 1 rings (SSSR count). The van der Waals surface area contributed by atoms with Gasteiger partial charge in [-0.05, 0) is 25.3 Å². The summed E-state index contributed by atoms with van der Waals surface area (Å²) >= 11 is 1.54. The molecule has 0 unspecified atom stereocenters. The molecule has 0 aromatic carbocycles. The van der Waals surface area contributed by atoms with Crippen LogP contribution in [0.1, 0.15) is 43.9 Å². The molecule has 0 fully saturated rings. The first-order valence-electron chi connectivity index (χ1n) is 7.04. The first kappa shape index (κ1) is 17.6. The zero-order valence-corrected chi connectivity index (χ0v) is 14.6. The number of sulfonamides is 1. The molecule has 0 aliphatic heterocycles. The molecule has 20 heavy (non-hydrogen) atoms. The lowest BCUT2D eigenvalue weighted by atomic mass is 10.1. The van der Waals surface area contributed by atoms with Crippen LogP contribution in [0.25, 0.3) is 0 Å². The number of hydrogen-bond donors (Lipinski definition) is 2. The summed E-state index contributed by atoms with van der Waals surface area (Å²) in [5.74, 6) is 0.493. The minimum Gasteiger partial charge on any atom is -0.310 e. The van der Waals surface area contributed by atoms with Crippen LogP contribution < -0.4 is 10.0 Å². The van der Waals surface area contributed by atoms with Crippen LogP contribution in [0.5, 0.6) is 0 Å². The highest BCUT2D eigenvalue weighted by Crippen LogP contribution is 2.25. The monoisotopic (exact) mass is 318 g/mol. The van der Waals surface area contributed by atoms with Gasteiger partial charge in [0, 0.05) is 28.9 Å². The molecule has 2 N–H and O–H groups in total. The van der Waals surface area contributed by atoms with Crippen molar-refractivity contribution in [2.45, 2.75) is 58.5 Å². The number of nitrogens with one attached hydrogen (secondary N) is 2. The highest BCUT2D eigenvalue weighted by Gasteiger charge is 2.19. The summed E-state index contributed by atoms with van der Waals surface area (Å²) in [6.45, 7) is 11.4. The van der Waals surface area contributed by atoms with E-state index >= 15 is 0 Å². The predicted octanol–water partition coefficient (Wildman–Crippen LogP) is 2.88. The Kier molecular flexibility index (Phi) is 6.64. The molecular weight excluding hydrogens is 292 g/mol. The Balaban J connectivity index is 2.74. The van der Waals surface area contributed by atoms with Crippen LogP contribution in [0.3, 0.4) is 0 Å². The van der Waals surface area contributed by atoms with E-state index in [1.54, 1.807) is 17.4 Å². The molecule has 0 saturated carbocycles. The molecule has 0 saturated heterocycles. The van der Waals surface area contributed by atoms with E-state index in [-0.39, 0.29) is 0 Å². The van der Waals surface area contributed by atoms with Gasteiger partial charge >= 0.3 is 0 Å². The van der Waals surface area contributed by atoms with Crippen molar-refractivity contribution in [3.63, 3.8) is 0 Å². The second-order valence-electron chi connectivity index (χ2n) is 5.75. The molecule has 0 bridgehead atoms. The molecule has 0 aliphatic carbocycles. The van der Waals surface area contributed by atoms with Crippen molar-refractivity contribution < 1.29 is 8.42 Å². The van der Waals surface area contributed by atoms with E-state index < -0.39 is 10.0 Å². The maximum atomic E-state index is 12.3. The SMILES string of the molecule is Cc1sc(CNC(C)C)cc1S(=O)(=O)NCCC(C)C. The summed E-state index contributed by atoms with van der Waals surface area (Å²) in [7, 11) is -3.37. The topological polar surface area (TPSA) is 58.2 Å². The van der Waals surface area contributed by atoms with Crippen LogP contribution in [0.15, 0.2) is 11.0 Å². The summed E-state index contributed by atoms with van der Waals surface area (Å²) < 4.78 is 27.2. The second-order valence-corrected chi connectivity index (χ2v) is 8.83. The summed E-state index contributed by atoms with van der Waals surface area (Å²) in [5.41, 5.74) is 0. The number of aryl methyl sites for hydroxylation is 1. The van der Waals surface area contributed by atoms with Crippen LogP contribution in [-0.4, -0.2) is 21.0 Å². The van der Waals surface area contributed by atoms with Gasteiger partial charge in [-0.15, -0.1) is 11.3 Å². The quantitative estimate of drug-likeness (QED) is 0.775. The third kappa shape index (κ3) is 5.52. The van der Waals surface area contributed by atoms with Gasteiger partial charge in [-0.1, -0.05) is 27.7 Å². The molecule has 0 aliphatic rings. The standard InChI is InChI=1S/C14H26N2O2S2/c1-10(2)6-7-16-20(17,18)14-8-13(19-12(14)5)9-15-11(3)4/h8,10-11,15-16H,6-7,9H2,1-5H3. The van der Waals surface area contributed by atoms with Crippen LogP contribution in [0, 0.1) is 12.8 Å². The maximum Gasteiger partial charge on any atom is 0.241 e. The zero-order chi connectivity index (χ0) is 15.3. The van der Waals surface area contributed by atoms with E-state index in [0.29, 0.717) is 29.9 Å². The number of hydrogen-bond acceptors (Lipinski definition) is 4. The van der Waals surface area contributed by atoms with Crippen LogP contribution in [-0.2, 0) is 16.6 Å². The molecular formula is C14H26N2O2S2. The number of thiophene rings is 1. The molecule has 1 aromatic heterocycles. The Morgan fingerprint density at radius 1 is 1.25 bits per heavy atom. The van der Waals surface area contributed by atoms with Gasteiger partial charge in [0.15, 0.2) is 0 Å². The molecule has 0 radical (unpaired) electrons. The third-order valence-corrected chi connectivity index (χ3v) is 5.68. The van der Waals surface area contributed by atoms with Gasteiger partial charge in [0.2, 0.25) is 10.0 Å². The largest absolute Gasteiger partial charge is 0.310 e. The van der Waals surface area contributed by atoms with Crippen molar-refractivity contribution in [3.05, 3.63) is 15.8 Å². The van der Waals surface area contributed by atoms with E-state index in [4.69, 9.17) is 0 Å². The molecule has 0 atom stereocenters. The summed E-state index contributed by atoms with van der Waals surface area (Å²) in [4.78, 5) is 2.33. The Hall–Kier alpha value is -0.430. The van der Waals surface area contributed by atoms with Gasteiger partial charge in [-0.25, -0.2) is 13.1 Å². The fourth-order valence-corrected chi connectivity index (χ4v) is 4.37. The van der Waals surface area contributed by atoms with E-state index in [1.807, 2.05) is 6.92 Å². The number of rotatable bonds is 8. The first-order valence-corrected chi connectivity index (χ1v) is 9.34. The summed E-state index contributed by atoms with van der Waals surface area (Å²) in [6.07, 6.45) is 0.851. The lowest BCUT2D eigenvalue weighted by Gasteiger charge is -2.07. The maximum absolute atomic E-state index is 12.3. The van der Waals surface area contributed by atoms with E-state index in [0.717, 1.165) is 16.2 Å². The Morgan fingerprint density at radius 2 is 1.90 bits per heavy atom. The lowest BCUT2D eigenvalue weighted by Crippen LogP contribution is -2.25. The fraction of sp³-hybridized carbons (Fsp3) is 0.714. The molecule has 6 heteroatoms. The highest BCUT2D eigenvalue weighted by atomic mass is 32.2. The average Bonchev–Trinajstić information content (AvgIpc) is 2.68. The van der Waals surface area contributed by atoms with E-state index in [1.165, 1.54) is 0 Å². The van der Waals surface area contributed by atoms with Gasteiger partial charge in [0.1, 0.15) is 0 Å². The van der Waals surface area contributed by atoms with Crippen molar-refractivity contribution in [2.75, 3.05) is 6.54 Å². The summed E-state index contributed by atoms with van der Waals surface area (Å²) in [6, 6.07) is 2.18. The van der Waals surface area contributed by atoms with Gasteiger partial charge in [-0.3, -0.25) is 0 Å². The molecule has 0 amide bonds. The van der Waals surface area contributed by atoms with Gasteiger partial charge < -0.3 is 5.32 Å². The van der Waals surface area contributed by atoms with Crippen LogP contribution in [0.4, 0.5) is 0 Å². The third-order valence-electron chi connectivity index (χ3n) is 2.91. The molecule has 1 heterocycles.